The van der Waals surface area contributed by atoms with Crippen molar-refractivity contribution in [3.05, 3.63) is 48.0 Å². The van der Waals surface area contributed by atoms with E-state index in [0.29, 0.717) is 36.9 Å². The minimum absolute atomic E-state index is 0.0627. The molecule has 2 aromatic carbocycles. The molecule has 3 rings (SSSR count). The molecular formula is C22H28N4O4. The smallest absolute Gasteiger partial charge is 0.313 e. The van der Waals surface area contributed by atoms with Crippen molar-refractivity contribution in [3.8, 4) is 11.5 Å². The fourth-order valence-corrected chi connectivity index (χ4v) is 3.17. The van der Waals surface area contributed by atoms with Gasteiger partial charge < -0.3 is 29.9 Å². The van der Waals surface area contributed by atoms with E-state index in [4.69, 9.17) is 9.47 Å². The van der Waals surface area contributed by atoms with E-state index in [1.54, 1.807) is 18.2 Å². The molecule has 2 aromatic rings. The molecule has 0 saturated carbocycles. The van der Waals surface area contributed by atoms with Gasteiger partial charge in [-0.05, 0) is 43.9 Å². The van der Waals surface area contributed by atoms with Crippen LogP contribution in [0.3, 0.4) is 0 Å². The number of ether oxygens (including phenoxy) is 2. The Labute approximate surface area is 176 Å². The van der Waals surface area contributed by atoms with E-state index in [2.05, 4.69) is 10.6 Å². The minimum Gasteiger partial charge on any atom is -0.486 e. The van der Waals surface area contributed by atoms with Gasteiger partial charge in [-0.15, -0.1) is 0 Å². The van der Waals surface area contributed by atoms with Gasteiger partial charge >= 0.3 is 11.8 Å². The number of hydrogen-bond donors (Lipinski definition) is 2. The summed E-state index contributed by atoms with van der Waals surface area (Å²) in [6.45, 7) is 1.25. The average Bonchev–Trinajstić information content (AvgIpc) is 2.73. The van der Waals surface area contributed by atoms with Gasteiger partial charge in [-0.2, -0.15) is 0 Å². The molecule has 1 atom stereocenters. The molecule has 0 spiro atoms. The Kier molecular flexibility index (Phi) is 6.79. The van der Waals surface area contributed by atoms with E-state index in [1.807, 2.05) is 62.3 Å². The molecule has 0 saturated heterocycles. The summed E-state index contributed by atoms with van der Waals surface area (Å²) in [6, 6.07) is 13.1. The molecule has 8 nitrogen and oxygen atoms in total. The van der Waals surface area contributed by atoms with Crippen molar-refractivity contribution in [2.75, 3.05) is 58.2 Å². The first-order valence-electron chi connectivity index (χ1n) is 9.77. The monoisotopic (exact) mass is 412 g/mol. The van der Waals surface area contributed by atoms with Crippen LogP contribution in [0.25, 0.3) is 0 Å². The number of anilines is 2. The van der Waals surface area contributed by atoms with Crippen LogP contribution in [0, 0.1) is 0 Å². The van der Waals surface area contributed by atoms with Gasteiger partial charge in [0.1, 0.15) is 13.2 Å². The maximum Gasteiger partial charge on any atom is 0.313 e. The molecule has 1 aliphatic rings. The highest BCUT2D eigenvalue weighted by Gasteiger charge is 2.20. The lowest BCUT2D eigenvalue weighted by Crippen LogP contribution is -2.40. The van der Waals surface area contributed by atoms with Crippen LogP contribution in [0.2, 0.25) is 0 Å². The maximum absolute atomic E-state index is 12.3. The standard InChI is InChI=1S/C22H28N4O4/c1-25(2)17-8-5-15(6-9-17)18(26(3)4)14-23-21(27)22(28)24-16-7-10-19-20(13-16)30-12-11-29-19/h5-10,13,18H,11-12,14H2,1-4H3,(H,23,27)(H,24,28)/t18-/m1/s1. The molecule has 0 aromatic heterocycles. The van der Waals surface area contributed by atoms with Crippen molar-refractivity contribution in [2.24, 2.45) is 0 Å². The number of likely N-dealkylation sites (N-methyl/N-ethyl adjacent to an activating group) is 1. The zero-order valence-corrected chi connectivity index (χ0v) is 17.8. The highest BCUT2D eigenvalue weighted by molar-refractivity contribution is 6.39. The Bertz CT molecular complexity index is 897. The van der Waals surface area contributed by atoms with Crippen LogP contribution in [0.5, 0.6) is 11.5 Å². The van der Waals surface area contributed by atoms with Gasteiger partial charge in [-0.1, -0.05) is 12.1 Å². The molecule has 160 valence electrons. The number of rotatable bonds is 6. The molecule has 2 N–H and O–H groups in total. The van der Waals surface area contributed by atoms with E-state index in [0.717, 1.165) is 11.3 Å². The summed E-state index contributed by atoms with van der Waals surface area (Å²) in [5.74, 6) is -0.250. The number of nitrogens with one attached hydrogen (secondary N) is 2. The minimum atomic E-state index is -0.730. The number of carbonyl (C=O) groups excluding carboxylic acids is 2. The molecule has 2 amide bonds. The van der Waals surface area contributed by atoms with Crippen LogP contribution in [0.4, 0.5) is 11.4 Å². The van der Waals surface area contributed by atoms with Gasteiger partial charge in [-0.3, -0.25) is 9.59 Å². The van der Waals surface area contributed by atoms with Crippen molar-refractivity contribution in [1.82, 2.24) is 10.2 Å². The van der Waals surface area contributed by atoms with E-state index in [1.165, 1.54) is 0 Å². The topological polar surface area (TPSA) is 83.1 Å². The third-order valence-corrected chi connectivity index (χ3v) is 4.88. The summed E-state index contributed by atoms with van der Waals surface area (Å²) in [7, 11) is 7.84. The first kappa shape index (κ1) is 21.4. The molecule has 8 heteroatoms. The Balaban J connectivity index is 1.59. The number of nitrogens with zero attached hydrogens (tertiary/aromatic N) is 2. The predicted octanol–water partition coefficient (Wildman–Crippen LogP) is 1.88. The van der Waals surface area contributed by atoms with Gasteiger partial charge in [-0.25, -0.2) is 0 Å². The van der Waals surface area contributed by atoms with Crippen LogP contribution < -0.4 is 25.0 Å². The molecule has 0 fully saturated rings. The van der Waals surface area contributed by atoms with Crippen molar-refractivity contribution in [3.63, 3.8) is 0 Å². The van der Waals surface area contributed by atoms with E-state index >= 15 is 0 Å². The predicted molar refractivity (Wildman–Crippen MR) is 116 cm³/mol. The van der Waals surface area contributed by atoms with Gasteiger partial charge in [0.2, 0.25) is 0 Å². The lowest BCUT2D eigenvalue weighted by molar-refractivity contribution is -0.136. The third-order valence-electron chi connectivity index (χ3n) is 4.88. The Morgan fingerprint density at radius 2 is 1.60 bits per heavy atom. The lowest BCUT2D eigenvalue weighted by atomic mass is 10.1. The largest absolute Gasteiger partial charge is 0.486 e. The molecule has 30 heavy (non-hydrogen) atoms. The highest BCUT2D eigenvalue weighted by Crippen LogP contribution is 2.32. The number of fused-ring (bicyclic) bond motifs is 1. The molecule has 0 radical (unpaired) electrons. The number of benzene rings is 2. The second-order valence-corrected chi connectivity index (χ2v) is 7.49. The fraction of sp³-hybridized carbons (Fsp3) is 0.364. The summed E-state index contributed by atoms with van der Waals surface area (Å²) in [6.07, 6.45) is 0. The number of hydrogen-bond acceptors (Lipinski definition) is 6. The molecule has 1 heterocycles. The second-order valence-electron chi connectivity index (χ2n) is 7.49. The van der Waals surface area contributed by atoms with Crippen LogP contribution in [-0.2, 0) is 9.59 Å². The van der Waals surface area contributed by atoms with Gasteiger partial charge in [0, 0.05) is 38.1 Å². The zero-order valence-electron chi connectivity index (χ0n) is 17.8. The molecule has 0 unspecified atom stereocenters. The van der Waals surface area contributed by atoms with Crippen LogP contribution >= 0.6 is 0 Å². The summed E-state index contributed by atoms with van der Waals surface area (Å²) in [5, 5.41) is 5.32. The maximum atomic E-state index is 12.3. The first-order chi connectivity index (χ1) is 14.3. The Hall–Kier alpha value is -3.26. The van der Waals surface area contributed by atoms with Gasteiger partial charge in [0.15, 0.2) is 11.5 Å². The zero-order chi connectivity index (χ0) is 21.7. The number of amides is 2. The SMILES string of the molecule is CN(C)c1ccc([C@@H](CNC(=O)C(=O)Nc2ccc3c(c2)OCCO3)N(C)C)cc1. The van der Waals surface area contributed by atoms with Crippen LogP contribution in [0.1, 0.15) is 11.6 Å². The summed E-state index contributed by atoms with van der Waals surface area (Å²) < 4.78 is 11.0. The molecule has 0 bridgehead atoms. The van der Waals surface area contributed by atoms with Gasteiger partial charge in [0.05, 0.1) is 6.04 Å². The summed E-state index contributed by atoms with van der Waals surface area (Å²) >= 11 is 0. The number of carbonyl (C=O) groups is 2. The Morgan fingerprint density at radius 1 is 0.933 bits per heavy atom. The quantitative estimate of drug-likeness (QED) is 0.705. The molecule has 1 aliphatic heterocycles. The lowest BCUT2D eigenvalue weighted by Gasteiger charge is -2.25. The van der Waals surface area contributed by atoms with Crippen molar-refractivity contribution < 1.29 is 19.1 Å². The highest BCUT2D eigenvalue weighted by atomic mass is 16.6. The van der Waals surface area contributed by atoms with E-state index in [-0.39, 0.29) is 6.04 Å². The van der Waals surface area contributed by atoms with Crippen molar-refractivity contribution in [1.29, 1.82) is 0 Å². The molecular weight excluding hydrogens is 384 g/mol. The van der Waals surface area contributed by atoms with Crippen molar-refractivity contribution >= 4 is 23.2 Å². The van der Waals surface area contributed by atoms with Crippen molar-refractivity contribution in [2.45, 2.75) is 6.04 Å². The normalized spacial score (nSPS) is 13.5. The third kappa shape index (κ3) is 5.21. The Morgan fingerprint density at radius 3 is 2.23 bits per heavy atom. The summed E-state index contributed by atoms with van der Waals surface area (Å²) in [5.41, 5.74) is 2.63. The van der Waals surface area contributed by atoms with Crippen LogP contribution in [-0.4, -0.2) is 64.7 Å². The first-order valence-corrected chi connectivity index (χ1v) is 9.77. The molecule has 0 aliphatic carbocycles. The van der Waals surface area contributed by atoms with E-state index < -0.39 is 11.8 Å². The fourth-order valence-electron chi connectivity index (χ4n) is 3.17. The van der Waals surface area contributed by atoms with Crippen LogP contribution in [0.15, 0.2) is 42.5 Å². The van der Waals surface area contributed by atoms with Gasteiger partial charge in [0.25, 0.3) is 0 Å². The van der Waals surface area contributed by atoms with E-state index in [9.17, 15) is 9.59 Å². The second kappa shape index (κ2) is 9.49. The average molecular weight is 412 g/mol. The summed E-state index contributed by atoms with van der Waals surface area (Å²) in [4.78, 5) is 28.7.